The molecule has 0 radical (unpaired) electrons. The molecule has 0 spiro atoms. The van der Waals surface area contributed by atoms with Gasteiger partial charge in [0.1, 0.15) is 4.83 Å². The van der Waals surface area contributed by atoms with E-state index in [-0.39, 0.29) is 5.56 Å². The Morgan fingerprint density at radius 1 is 1.26 bits per heavy atom. The Balaban J connectivity index is 1.80. The molecular weight excluding hydrogens is 351 g/mol. The summed E-state index contributed by atoms with van der Waals surface area (Å²) < 4.78 is 0. The van der Waals surface area contributed by atoms with E-state index in [0.29, 0.717) is 15.9 Å². The van der Waals surface area contributed by atoms with E-state index < -0.39 is 0 Å². The van der Waals surface area contributed by atoms with Crippen LogP contribution in [0.4, 0.5) is 0 Å². The van der Waals surface area contributed by atoms with Gasteiger partial charge in [-0.3, -0.25) is 4.79 Å². The summed E-state index contributed by atoms with van der Waals surface area (Å²) >= 11 is 13.8. The van der Waals surface area contributed by atoms with E-state index in [1.807, 2.05) is 12.1 Å². The van der Waals surface area contributed by atoms with Crippen molar-refractivity contribution >= 4 is 55.9 Å². The predicted molar refractivity (Wildman–Crippen MR) is 97.4 cm³/mol. The highest BCUT2D eigenvalue weighted by Gasteiger charge is 2.21. The number of benzene rings is 1. The fourth-order valence-electron chi connectivity index (χ4n) is 2.89. The van der Waals surface area contributed by atoms with Crippen LogP contribution in [0.1, 0.15) is 28.2 Å². The van der Waals surface area contributed by atoms with Gasteiger partial charge in [-0.1, -0.05) is 35.3 Å². The lowest BCUT2D eigenvalue weighted by Crippen LogP contribution is -2.10. The minimum atomic E-state index is -0.105. The first kappa shape index (κ1) is 14.9. The van der Waals surface area contributed by atoms with Gasteiger partial charge in [-0.15, -0.1) is 11.3 Å². The van der Waals surface area contributed by atoms with Crippen molar-refractivity contribution in [2.75, 3.05) is 0 Å². The predicted octanol–water partition coefficient (Wildman–Crippen LogP) is 4.86. The van der Waals surface area contributed by atoms with Gasteiger partial charge in [0.25, 0.3) is 5.56 Å². The molecule has 0 aliphatic heterocycles. The van der Waals surface area contributed by atoms with Gasteiger partial charge in [0.05, 0.1) is 10.4 Å². The number of halogens is 2. The average Bonchev–Trinajstić information content (AvgIpc) is 3.09. The smallest absolute Gasteiger partial charge is 0.260 e. The van der Waals surface area contributed by atoms with Crippen molar-refractivity contribution in [3.63, 3.8) is 0 Å². The summed E-state index contributed by atoms with van der Waals surface area (Å²) in [6.45, 7) is 0. The van der Waals surface area contributed by atoms with Crippen LogP contribution in [0.15, 0.2) is 29.1 Å². The summed E-state index contributed by atoms with van der Waals surface area (Å²) in [5.74, 6) is 0.402. The van der Waals surface area contributed by atoms with Crippen molar-refractivity contribution in [2.45, 2.75) is 19.3 Å². The standard InChI is InChI=1S/C17H12Cl2N2OS/c18-10-6-4-9(5-7-10)8-12(19)15-20-16(22)14-11-2-1-3-13(11)23-17(14)21-15/h4-8H,1-3H2,(H,20,21,22)/b12-8-. The number of rotatable bonds is 2. The molecule has 0 amide bonds. The van der Waals surface area contributed by atoms with E-state index in [0.717, 1.165) is 35.0 Å². The normalized spacial score (nSPS) is 14.4. The topological polar surface area (TPSA) is 45.8 Å². The number of nitrogens with one attached hydrogen (secondary N) is 1. The number of nitrogens with zero attached hydrogens (tertiary/aromatic N) is 1. The Morgan fingerprint density at radius 2 is 2.04 bits per heavy atom. The van der Waals surface area contributed by atoms with Crippen LogP contribution in [-0.2, 0) is 12.8 Å². The van der Waals surface area contributed by atoms with E-state index in [1.54, 1.807) is 29.5 Å². The number of aryl methyl sites for hydroxylation is 2. The zero-order chi connectivity index (χ0) is 16.0. The summed E-state index contributed by atoms with van der Waals surface area (Å²) in [5.41, 5.74) is 1.96. The fraction of sp³-hybridized carbons (Fsp3) is 0.176. The molecule has 1 aromatic carbocycles. The van der Waals surface area contributed by atoms with Gasteiger partial charge in [0, 0.05) is 9.90 Å². The van der Waals surface area contributed by atoms with Gasteiger partial charge in [-0.25, -0.2) is 4.98 Å². The second-order valence-corrected chi connectivity index (χ2v) is 7.42. The first-order valence-electron chi connectivity index (χ1n) is 7.29. The summed E-state index contributed by atoms with van der Waals surface area (Å²) in [6, 6.07) is 7.31. The number of hydrogen-bond donors (Lipinski definition) is 1. The van der Waals surface area contributed by atoms with Crippen LogP contribution in [0, 0.1) is 0 Å². The minimum absolute atomic E-state index is 0.105. The SMILES string of the molecule is O=c1[nH]c(/C(Cl)=C/c2ccc(Cl)cc2)nc2sc3c(c12)CCC3. The highest BCUT2D eigenvalue weighted by molar-refractivity contribution is 7.18. The molecule has 1 aliphatic rings. The molecule has 1 N–H and O–H groups in total. The zero-order valence-electron chi connectivity index (χ0n) is 12.0. The quantitative estimate of drug-likeness (QED) is 0.707. The number of thiophene rings is 1. The number of aromatic nitrogens is 2. The molecule has 2 aromatic heterocycles. The summed E-state index contributed by atoms with van der Waals surface area (Å²) in [7, 11) is 0. The van der Waals surface area contributed by atoms with Crippen LogP contribution in [0.5, 0.6) is 0 Å². The van der Waals surface area contributed by atoms with Crippen molar-refractivity contribution < 1.29 is 0 Å². The Hall–Kier alpha value is -1.62. The van der Waals surface area contributed by atoms with Crippen molar-refractivity contribution in [1.29, 1.82) is 0 Å². The Morgan fingerprint density at radius 3 is 2.83 bits per heavy atom. The van der Waals surface area contributed by atoms with Gasteiger partial charge < -0.3 is 4.98 Å². The largest absolute Gasteiger partial charge is 0.305 e. The highest BCUT2D eigenvalue weighted by Crippen LogP contribution is 2.35. The zero-order valence-corrected chi connectivity index (χ0v) is 14.4. The minimum Gasteiger partial charge on any atom is -0.305 e. The maximum atomic E-state index is 12.4. The van der Waals surface area contributed by atoms with E-state index in [9.17, 15) is 4.79 Å². The lowest BCUT2D eigenvalue weighted by Gasteiger charge is -2.01. The van der Waals surface area contributed by atoms with Gasteiger partial charge in [0.2, 0.25) is 0 Å². The van der Waals surface area contributed by atoms with Crippen LogP contribution in [0.25, 0.3) is 21.3 Å². The van der Waals surface area contributed by atoms with Gasteiger partial charge in [0.15, 0.2) is 5.82 Å². The third kappa shape index (κ3) is 2.71. The average molecular weight is 363 g/mol. The number of H-pyrrole nitrogens is 1. The number of fused-ring (bicyclic) bond motifs is 3. The molecule has 0 bridgehead atoms. The Labute approximate surface area is 146 Å². The lowest BCUT2D eigenvalue weighted by atomic mass is 10.2. The summed E-state index contributed by atoms with van der Waals surface area (Å²) in [4.78, 5) is 21.8. The third-order valence-corrected chi connectivity index (χ3v) is 5.69. The highest BCUT2D eigenvalue weighted by atomic mass is 35.5. The molecule has 0 unspecified atom stereocenters. The third-order valence-electron chi connectivity index (χ3n) is 3.96. The molecule has 0 atom stereocenters. The van der Waals surface area contributed by atoms with Gasteiger partial charge in [-0.05, 0) is 48.6 Å². The first-order valence-corrected chi connectivity index (χ1v) is 8.87. The van der Waals surface area contributed by atoms with Gasteiger partial charge in [-0.2, -0.15) is 0 Å². The maximum absolute atomic E-state index is 12.4. The van der Waals surface area contributed by atoms with E-state index in [4.69, 9.17) is 23.2 Å². The van der Waals surface area contributed by atoms with Gasteiger partial charge >= 0.3 is 0 Å². The second-order valence-electron chi connectivity index (χ2n) is 5.50. The molecule has 0 saturated heterocycles. The molecule has 2 heterocycles. The number of hydrogen-bond acceptors (Lipinski definition) is 3. The van der Waals surface area contributed by atoms with Crippen molar-refractivity contribution in [3.8, 4) is 0 Å². The molecule has 0 saturated carbocycles. The first-order chi connectivity index (χ1) is 11.1. The maximum Gasteiger partial charge on any atom is 0.260 e. The van der Waals surface area contributed by atoms with Crippen LogP contribution >= 0.6 is 34.5 Å². The molecule has 3 aromatic rings. The molecule has 4 rings (SSSR count). The molecule has 23 heavy (non-hydrogen) atoms. The van der Waals surface area contributed by atoms with Crippen molar-refractivity contribution in [1.82, 2.24) is 9.97 Å². The summed E-state index contributed by atoms with van der Waals surface area (Å²) in [6.07, 6.45) is 4.89. The van der Waals surface area contributed by atoms with Crippen LogP contribution in [0.2, 0.25) is 5.02 Å². The molecule has 6 heteroatoms. The molecule has 116 valence electrons. The van der Waals surface area contributed by atoms with Crippen LogP contribution in [0.3, 0.4) is 0 Å². The van der Waals surface area contributed by atoms with Crippen molar-refractivity contribution in [3.05, 3.63) is 61.5 Å². The lowest BCUT2D eigenvalue weighted by molar-refractivity contribution is 0.916. The molecule has 1 aliphatic carbocycles. The number of aromatic amines is 1. The van der Waals surface area contributed by atoms with Crippen LogP contribution in [-0.4, -0.2) is 9.97 Å². The Bertz CT molecular complexity index is 986. The van der Waals surface area contributed by atoms with E-state index in [1.165, 1.54) is 10.4 Å². The van der Waals surface area contributed by atoms with Crippen LogP contribution < -0.4 is 5.56 Å². The Kier molecular flexibility index (Phi) is 3.76. The molecular formula is C17H12Cl2N2OS. The summed E-state index contributed by atoms with van der Waals surface area (Å²) in [5, 5.41) is 1.81. The second kappa shape index (κ2) is 5.78. The van der Waals surface area contributed by atoms with Crippen molar-refractivity contribution in [2.24, 2.45) is 0 Å². The fourth-order valence-corrected chi connectivity index (χ4v) is 4.49. The molecule has 3 nitrogen and oxygen atoms in total. The monoisotopic (exact) mass is 362 g/mol. The van der Waals surface area contributed by atoms with E-state index in [2.05, 4.69) is 9.97 Å². The molecule has 0 fully saturated rings. The van der Waals surface area contributed by atoms with E-state index >= 15 is 0 Å².